The Labute approximate surface area is 188 Å². The molecule has 8 nitrogen and oxygen atoms in total. The van der Waals surface area contributed by atoms with Crippen LogP contribution in [-0.4, -0.2) is 66.3 Å². The smallest absolute Gasteiger partial charge is 0.339 e. The van der Waals surface area contributed by atoms with E-state index in [1.807, 2.05) is 19.1 Å². The number of aryl methyl sites for hydroxylation is 1. The zero-order chi connectivity index (χ0) is 22.0. The van der Waals surface area contributed by atoms with Crippen molar-refractivity contribution in [3.8, 4) is 0 Å². The second kappa shape index (κ2) is 9.26. The molecule has 2 saturated heterocycles. The number of anilines is 3. The molecule has 0 aliphatic carbocycles. The molecule has 166 valence electrons. The molecule has 9 heteroatoms. The van der Waals surface area contributed by atoms with E-state index in [0.717, 1.165) is 68.7 Å². The topological polar surface area (TPSA) is 74.7 Å². The van der Waals surface area contributed by atoms with Crippen LogP contribution >= 0.6 is 11.6 Å². The number of pyridine rings is 1. The predicted octanol–water partition coefficient (Wildman–Crippen LogP) is 3.33. The van der Waals surface area contributed by atoms with Gasteiger partial charge in [-0.15, -0.1) is 0 Å². The standard InChI is InChI=1S/C22H29ClN6O2/c1-4-31-21(30)17-12-15(2)20(24-14-17)28-10-8-27(9-11-28)19-13-18(23)25-22(26-19)29-7-5-6-16(29)3/h12-14,16H,4-11H2,1-3H3. The number of ether oxygens (including phenoxy) is 1. The average molecular weight is 445 g/mol. The molecule has 0 aromatic carbocycles. The highest BCUT2D eigenvalue weighted by atomic mass is 35.5. The third-order valence-electron chi connectivity index (χ3n) is 5.94. The lowest BCUT2D eigenvalue weighted by Gasteiger charge is -2.37. The fraction of sp³-hybridized carbons (Fsp3) is 0.545. The maximum absolute atomic E-state index is 11.9. The first-order valence-corrected chi connectivity index (χ1v) is 11.3. The number of rotatable bonds is 5. The Kier molecular flexibility index (Phi) is 6.46. The summed E-state index contributed by atoms with van der Waals surface area (Å²) in [6.07, 6.45) is 3.91. The first-order valence-electron chi connectivity index (χ1n) is 10.9. The van der Waals surface area contributed by atoms with E-state index in [2.05, 4.69) is 31.6 Å². The molecule has 2 aliphatic heterocycles. The van der Waals surface area contributed by atoms with Crippen LogP contribution < -0.4 is 14.7 Å². The van der Waals surface area contributed by atoms with Crippen molar-refractivity contribution >= 4 is 35.2 Å². The average Bonchev–Trinajstić information content (AvgIpc) is 3.19. The number of carbonyl (C=O) groups excluding carboxylic acids is 1. The van der Waals surface area contributed by atoms with E-state index in [9.17, 15) is 4.79 Å². The number of halogens is 1. The summed E-state index contributed by atoms with van der Waals surface area (Å²) in [6.45, 7) is 10.5. The number of esters is 1. The van der Waals surface area contributed by atoms with Crippen LogP contribution in [0.5, 0.6) is 0 Å². The van der Waals surface area contributed by atoms with Gasteiger partial charge in [-0.25, -0.2) is 14.8 Å². The molecule has 31 heavy (non-hydrogen) atoms. The predicted molar refractivity (Wildman–Crippen MR) is 122 cm³/mol. The van der Waals surface area contributed by atoms with Gasteiger partial charge in [-0.1, -0.05) is 11.6 Å². The van der Waals surface area contributed by atoms with Crippen molar-refractivity contribution in [1.82, 2.24) is 15.0 Å². The summed E-state index contributed by atoms with van der Waals surface area (Å²) in [6, 6.07) is 4.13. The minimum absolute atomic E-state index is 0.335. The Morgan fingerprint density at radius 2 is 1.90 bits per heavy atom. The normalized spacial score (nSPS) is 19.1. The summed E-state index contributed by atoms with van der Waals surface area (Å²) >= 11 is 6.34. The molecule has 4 heterocycles. The minimum Gasteiger partial charge on any atom is -0.462 e. The first-order chi connectivity index (χ1) is 15.0. The van der Waals surface area contributed by atoms with Crippen LogP contribution in [0.25, 0.3) is 0 Å². The molecule has 2 fully saturated rings. The minimum atomic E-state index is -0.335. The van der Waals surface area contributed by atoms with Gasteiger partial charge in [0.05, 0.1) is 12.2 Å². The second-order valence-corrected chi connectivity index (χ2v) is 8.48. The van der Waals surface area contributed by atoms with Gasteiger partial charge < -0.3 is 19.4 Å². The fourth-order valence-electron chi connectivity index (χ4n) is 4.29. The van der Waals surface area contributed by atoms with Crippen LogP contribution in [0.4, 0.5) is 17.6 Å². The van der Waals surface area contributed by atoms with Gasteiger partial charge in [-0.3, -0.25) is 0 Å². The van der Waals surface area contributed by atoms with Crippen LogP contribution in [0.3, 0.4) is 0 Å². The van der Waals surface area contributed by atoms with Crippen LogP contribution in [-0.2, 0) is 4.74 Å². The van der Waals surface area contributed by atoms with Gasteiger partial charge in [-0.2, -0.15) is 4.98 Å². The molecule has 4 rings (SSSR count). The Balaban J connectivity index is 1.44. The number of aromatic nitrogens is 3. The van der Waals surface area contributed by atoms with Gasteiger partial charge in [0.2, 0.25) is 5.95 Å². The van der Waals surface area contributed by atoms with Crippen molar-refractivity contribution in [2.24, 2.45) is 0 Å². The number of nitrogens with zero attached hydrogens (tertiary/aromatic N) is 6. The van der Waals surface area contributed by atoms with Crippen LogP contribution in [0.1, 0.15) is 42.6 Å². The highest BCUT2D eigenvalue weighted by Gasteiger charge is 2.26. The summed E-state index contributed by atoms with van der Waals surface area (Å²) in [5, 5.41) is 0.480. The summed E-state index contributed by atoms with van der Waals surface area (Å²) in [5.41, 5.74) is 1.45. The van der Waals surface area contributed by atoms with Gasteiger partial charge in [0, 0.05) is 51.0 Å². The lowest BCUT2D eigenvalue weighted by atomic mass is 10.2. The monoisotopic (exact) mass is 444 g/mol. The second-order valence-electron chi connectivity index (χ2n) is 8.09. The SMILES string of the molecule is CCOC(=O)c1cnc(N2CCN(c3cc(Cl)nc(N4CCCC4C)n3)CC2)c(C)c1. The van der Waals surface area contributed by atoms with Gasteiger partial charge in [0.25, 0.3) is 0 Å². The fourth-order valence-corrected chi connectivity index (χ4v) is 4.46. The van der Waals surface area contributed by atoms with E-state index >= 15 is 0 Å². The molecule has 0 radical (unpaired) electrons. The highest BCUT2D eigenvalue weighted by Crippen LogP contribution is 2.27. The van der Waals surface area contributed by atoms with Crippen molar-refractivity contribution in [2.45, 2.75) is 39.7 Å². The molecule has 2 aliphatic rings. The maximum atomic E-state index is 11.9. The quantitative estimate of drug-likeness (QED) is 0.513. The highest BCUT2D eigenvalue weighted by molar-refractivity contribution is 6.29. The molecular formula is C22H29ClN6O2. The lowest BCUT2D eigenvalue weighted by molar-refractivity contribution is 0.0526. The summed E-state index contributed by atoms with van der Waals surface area (Å²) in [4.78, 5) is 32.5. The Hall–Kier alpha value is -2.61. The third kappa shape index (κ3) is 4.69. The molecule has 0 saturated carbocycles. The van der Waals surface area contributed by atoms with Crippen LogP contribution in [0.15, 0.2) is 18.3 Å². The summed E-state index contributed by atoms with van der Waals surface area (Å²) in [5.74, 6) is 2.16. The summed E-state index contributed by atoms with van der Waals surface area (Å²) < 4.78 is 5.07. The molecule has 0 amide bonds. The zero-order valence-electron chi connectivity index (χ0n) is 18.3. The molecule has 0 N–H and O–H groups in total. The number of piperazine rings is 1. The third-order valence-corrected chi connectivity index (χ3v) is 6.14. The van der Waals surface area contributed by atoms with E-state index in [1.165, 1.54) is 0 Å². The van der Waals surface area contributed by atoms with Crippen LogP contribution in [0.2, 0.25) is 5.15 Å². The first kappa shape index (κ1) is 21.6. The van der Waals surface area contributed by atoms with Crippen molar-refractivity contribution in [3.63, 3.8) is 0 Å². The van der Waals surface area contributed by atoms with E-state index in [0.29, 0.717) is 23.4 Å². The van der Waals surface area contributed by atoms with Crippen molar-refractivity contribution in [2.75, 3.05) is 54.0 Å². The van der Waals surface area contributed by atoms with Gasteiger partial charge in [-0.05, 0) is 45.2 Å². The van der Waals surface area contributed by atoms with Gasteiger partial charge in [0.1, 0.15) is 16.8 Å². The lowest BCUT2D eigenvalue weighted by Crippen LogP contribution is -2.47. The van der Waals surface area contributed by atoms with Gasteiger partial charge in [0.15, 0.2) is 0 Å². The molecule has 0 spiro atoms. The van der Waals surface area contributed by atoms with Crippen molar-refractivity contribution in [1.29, 1.82) is 0 Å². The summed E-state index contributed by atoms with van der Waals surface area (Å²) in [7, 11) is 0. The number of hydrogen-bond donors (Lipinski definition) is 0. The molecule has 2 aromatic heterocycles. The maximum Gasteiger partial charge on any atom is 0.339 e. The Bertz CT molecular complexity index is 948. The largest absolute Gasteiger partial charge is 0.462 e. The zero-order valence-corrected chi connectivity index (χ0v) is 19.1. The Morgan fingerprint density at radius 3 is 2.55 bits per heavy atom. The molecule has 1 atom stereocenters. The molecule has 1 unspecified atom stereocenters. The van der Waals surface area contributed by atoms with E-state index in [4.69, 9.17) is 21.3 Å². The van der Waals surface area contributed by atoms with Crippen molar-refractivity contribution in [3.05, 3.63) is 34.6 Å². The van der Waals surface area contributed by atoms with E-state index in [-0.39, 0.29) is 5.97 Å². The van der Waals surface area contributed by atoms with Crippen LogP contribution in [0, 0.1) is 6.92 Å². The number of hydrogen-bond acceptors (Lipinski definition) is 8. The molecule has 0 bridgehead atoms. The number of carbonyl (C=O) groups is 1. The molecule has 2 aromatic rings. The molecular weight excluding hydrogens is 416 g/mol. The Morgan fingerprint density at radius 1 is 1.16 bits per heavy atom. The van der Waals surface area contributed by atoms with E-state index < -0.39 is 0 Å². The van der Waals surface area contributed by atoms with Gasteiger partial charge >= 0.3 is 5.97 Å². The van der Waals surface area contributed by atoms with E-state index in [1.54, 1.807) is 13.1 Å². The van der Waals surface area contributed by atoms with Crippen molar-refractivity contribution < 1.29 is 9.53 Å².